The molecule has 2 aromatic carbocycles. The molecule has 0 aliphatic carbocycles. The molecule has 2 aromatic heterocycles. The lowest BCUT2D eigenvalue weighted by Gasteiger charge is -2.25. The van der Waals surface area contributed by atoms with Crippen LogP contribution in [0.2, 0.25) is 5.02 Å². The van der Waals surface area contributed by atoms with Gasteiger partial charge in [0.05, 0.1) is 17.1 Å². The molecule has 9 heteroatoms. The molecule has 166 valence electrons. The number of H-pyrrole nitrogens is 1. The standard InChI is InChI=1S/C24H19ClFN5O2/c25-20-11-17(8-9-21(20)26)22-28-23(30-29-22)19-7-4-10-27-24(19)31(13-18-14-32-15-33-18)12-16-5-2-1-3-6-16/h1-11,14H,12-13,15H2,(H,28,29,30). The van der Waals surface area contributed by atoms with Gasteiger partial charge in [-0.15, -0.1) is 0 Å². The van der Waals surface area contributed by atoms with Gasteiger partial charge in [0.2, 0.25) is 6.79 Å². The number of hydrogen-bond acceptors (Lipinski definition) is 6. The van der Waals surface area contributed by atoms with Crippen LogP contribution in [0.4, 0.5) is 10.2 Å². The SMILES string of the molecule is Fc1ccc(-c2n[nH]c(-c3cccnc3N(CC3=COCO3)Cc3ccccc3)n2)cc1Cl. The van der Waals surface area contributed by atoms with Gasteiger partial charge in [-0.05, 0) is 35.9 Å². The molecule has 0 atom stereocenters. The molecule has 7 nitrogen and oxygen atoms in total. The number of ether oxygens (including phenoxy) is 2. The number of benzene rings is 2. The fourth-order valence-corrected chi connectivity index (χ4v) is 3.71. The summed E-state index contributed by atoms with van der Waals surface area (Å²) >= 11 is 5.93. The molecule has 33 heavy (non-hydrogen) atoms. The van der Waals surface area contributed by atoms with Crippen LogP contribution in [-0.4, -0.2) is 33.5 Å². The van der Waals surface area contributed by atoms with E-state index in [1.807, 2.05) is 30.3 Å². The Morgan fingerprint density at radius 2 is 1.94 bits per heavy atom. The van der Waals surface area contributed by atoms with Crippen LogP contribution in [-0.2, 0) is 16.0 Å². The van der Waals surface area contributed by atoms with Crippen molar-refractivity contribution in [2.75, 3.05) is 18.2 Å². The van der Waals surface area contributed by atoms with Crippen LogP contribution in [0.25, 0.3) is 22.8 Å². The van der Waals surface area contributed by atoms with Crippen molar-refractivity contribution in [3.8, 4) is 22.8 Å². The molecule has 1 aliphatic rings. The molecule has 1 N–H and O–H groups in total. The van der Waals surface area contributed by atoms with Crippen LogP contribution in [0, 0.1) is 5.82 Å². The van der Waals surface area contributed by atoms with E-state index in [9.17, 15) is 4.39 Å². The van der Waals surface area contributed by atoms with Crippen molar-refractivity contribution in [1.29, 1.82) is 0 Å². The van der Waals surface area contributed by atoms with Gasteiger partial charge < -0.3 is 14.4 Å². The highest BCUT2D eigenvalue weighted by Crippen LogP contribution is 2.30. The number of pyridine rings is 1. The van der Waals surface area contributed by atoms with Crippen LogP contribution in [0.15, 0.2) is 78.9 Å². The molecule has 1 aliphatic heterocycles. The Bertz CT molecular complexity index is 1300. The Balaban J connectivity index is 1.50. The van der Waals surface area contributed by atoms with Crippen LogP contribution in [0.1, 0.15) is 5.56 Å². The summed E-state index contributed by atoms with van der Waals surface area (Å²) in [5.41, 5.74) is 2.49. The summed E-state index contributed by atoms with van der Waals surface area (Å²) < 4.78 is 24.3. The molecular formula is C24H19ClFN5O2. The monoisotopic (exact) mass is 463 g/mol. The first-order chi connectivity index (χ1) is 16.2. The Hall–Kier alpha value is -3.91. The Kier molecular flexibility index (Phi) is 5.91. The van der Waals surface area contributed by atoms with Crippen molar-refractivity contribution in [2.45, 2.75) is 6.54 Å². The number of rotatable bonds is 7. The van der Waals surface area contributed by atoms with E-state index < -0.39 is 5.82 Å². The van der Waals surface area contributed by atoms with Crippen LogP contribution in [0.5, 0.6) is 0 Å². The van der Waals surface area contributed by atoms with E-state index in [4.69, 9.17) is 21.1 Å². The maximum Gasteiger partial charge on any atom is 0.229 e. The van der Waals surface area contributed by atoms with Gasteiger partial charge in [-0.2, -0.15) is 5.10 Å². The maximum absolute atomic E-state index is 13.6. The molecule has 0 unspecified atom stereocenters. The van der Waals surface area contributed by atoms with Gasteiger partial charge in [0, 0.05) is 18.3 Å². The van der Waals surface area contributed by atoms with Crippen molar-refractivity contribution in [3.05, 3.63) is 95.3 Å². The Labute approximate surface area is 194 Å². The van der Waals surface area contributed by atoms with E-state index in [2.05, 4.69) is 37.2 Å². The summed E-state index contributed by atoms with van der Waals surface area (Å²) in [5.74, 6) is 1.87. The first kappa shape index (κ1) is 21.0. The second-order valence-electron chi connectivity index (χ2n) is 7.37. The van der Waals surface area contributed by atoms with Crippen molar-refractivity contribution in [2.24, 2.45) is 0 Å². The van der Waals surface area contributed by atoms with E-state index in [0.29, 0.717) is 41.9 Å². The zero-order valence-electron chi connectivity index (χ0n) is 17.4. The molecule has 0 radical (unpaired) electrons. The molecule has 4 aromatic rings. The summed E-state index contributed by atoms with van der Waals surface area (Å²) in [6.45, 7) is 1.27. The fraction of sp³-hybridized carbons (Fsp3) is 0.125. The fourth-order valence-electron chi connectivity index (χ4n) is 3.53. The summed E-state index contributed by atoms with van der Waals surface area (Å²) in [6, 6.07) is 18.2. The van der Waals surface area contributed by atoms with Gasteiger partial charge in [0.25, 0.3) is 0 Å². The first-order valence-electron chi connectivity index (χ1n) is 10.2. The third kappa shape index (κ3) is 4.65. The predicted molar refractivity (Wildman–Crippen MR) is 123 cm³/mol. The van der Waals surface area contributed by atoms with Crippen LogP contribution in [0.3, 0.4) is 0 Å². The number of hydrogen-bond donors (Lipinski definition) is 1. The minimum Gasteiger partial charge on any atom is -0.462 e. The minimum atomic E-state index is -0.491. The van der Waals surface area contributed by atoms with Crippen molar-refractivity contribution in [3.63, 3.8) is 0 Å². The number of aromatic amines is 1. The smallest absolute Gasteiger partial charge is 0.229 e. The van der Waals surface area contributed by atoms with Gasteiger partial charge in [-0.25, -0.2) is 14.4 Å². The number of halogens is 2. The third-order valence-corrected chi connectivity index (χ3v) is 5.38. The van der Waals surface area contributed by atoms with Gasteiger partial charge in [-0.3, -0.25) is 5.10 Å². The Morgan fingerprint density at radius 3 is 2.73 bits per heavy atom. The first-order valence-corrected chi connectivity index (χ1v) is 10.6. The molecule has 3 heterocycles. The average Bonchev–Trinajstić information content (AvgIpc) is 3.54. The highest BCUT2D eigenvalue weighted by atomic mass is 35.5. The number of nitrogens with one attached hydrogen (secondary N) is 1. The molecule has 0 saturated carbocycles. The van der Waals surface area contributed by atoms with Crippen molar-refractivity contribution in [1.82, 2.24) is 20.2 Å². The maximum atomic E-state index is 13.6. The highest BCUT2D eigenvalue weighted by molar-refractivity contribution is 6.31. The number of anilines is 1. The third-order valence-electron chi connectivity index (χ3n) is 5.09. The summed E-state index contributed by atoms with van der Waals surface area (Å²) in [7, 11) is 0. The molecule has 0 fully saturated rings. The van der Waals surface area contributed by atoms with E-state index in [-0.39, 0.29) is 11.8 Å². The predicted octanol–water partition coefficient (Wildman–Crippen LogP) is 5.18. The van der Waals surface area contributed by atoms with Crippen LogP contribution >= 0.6 is 11.6 Å². The second kappa shape index (κ2) is 9.30. The molecule has 0 spiro atoms. The zero-order valence-corrected chi connectivity index (χ0v) is 18.2. The minimum absolute atomic E-state index is 0.0158. The summed E-state index contributed by atoms with van der Waals surface area (Å²) in [5, 5.41) is 7.29. The summed E-state index contributed by atoms with van der Waals surface area (Å²) in [6.07, 6.45) is 3.35. The number of nitrogens with zero attached hydrogens (tertiary/aromatic N) is 4. The molecule has 0 amide bonds. The summed E-state index contributed by atoms with van der Waals surface area (Å²) in [4.78, 5) is 11.3. The molecule has 0 saturated heterocycles. The molecule has 5 rings (SSSR count). The van der Waals surface area contributed by atoms with E-state index in [1.54, 1.807) is 18.5 Å². The van der Waals surface area contributed by atoms with Crippen LogP contribution < -0.4 is 4.90 Å². The Morgan fingerprint density at radius 1 is 1.06 bits per heavy atom. The van der Waals surface area contributed by atoms with Gasteiger partial charge in [0.15, 0.2) is 17.4 Å². The lowest BCUT2D eigenvalue weighted by atomic mass is 10.1. The topological polar surface area (TPSA) is 76.2 Å². The molecule has 0 bridgehead atoms. The normalized spacial score (nSPS) is 12.7. The average molecular weight is 464 g/mol. The lowest BCUT2D eigenvalue weighted by molar-refractivity contribution is 0.0797. The molecular weight excluding hydrogens is 445 g/mol. The quantitative estimate of drug-likeness (QED) is 0.407. The van der Waals surface area contributed by atoms with Gasteiger partial charge in [0.1, 0.15) is 17.9 Å². The van der Waals surface area contributed by atoms with E-state index >= 15 is 0 Å². The second-order valence-corrected chi connectivity index (χ2v) is 7.77. The number of aromatic nitrogens is 4. The van der Waals surface area contributed by atoms with E-state index in [1.165, 1.54) is 12.1 Å². The van der Waals surface area contributed by atoms with Gasteiger partial charge in [-0.1, -0.05) is 41.9 Å². The van der Waals surface area contributed by atoms with Crippen molar-refractivity contribution < 1.29 is 13.9 Å². The largest absolute Gasteiger partial charge is 0.462 e. The van der Waals surface area contributed by atoms with E-state index in [0.717, 1.165) is 11.1 Å². The highest BCUT2D eigenvalue weighted by Gasteiger charge is 2.21. The van der Waals surface area contributed by atoms with Gasteiger partial charge >= 0.3 is 0 Å². The lowest BCUT2D eigenvalue weighted by Crippen LogP contribution is -2.27. The van der Waals surface area contributed by atoms with Crippen molar-refractivity contribution >= 4 is 17.4 Å². The zero-order chi connectivity index (χ0) is 22.6.